The molecule has 0 aliphatic carbocycles. The van der Waals surface area contributed by atoms with Crippen molar-refractivity contribution >= 4 is 31.6 Å². The van der Waals surface area contributed by atoms with E-state index < -0.39 is 10.0 Å². The SMILES string of the molecule is Cc1ccc(C)c(S(=O)(=O)Nc2ccc(Br)c(C)c2)c1. The zero-order chi connectivity index (χ0) is 14.9. The molecule has 0 saturated heterocycles. The average molecular weight is 354 g/mol. The second-order valence-electron chi connectivity index (χ2n) is 4.84. The van der Waals surface area contributed by atoms with Crippen molar-refractivity contribution in [3.8, 4) is 0 Å². The molecule has 0 bridgehead atoms. The Balaban J connectivity index is 2.40. The monoisotopic (exact) mass is 353 g/mol. The Kier molecular flexibility index (Phi) is 4.20. The first-order valence-corrected chi connectivity index (χ1v) is 8.43. The van der Waals surface area contributed by atoms with Crippen LogP contribution in [0.15, 0.2) is 45.8 Å². The van der Waals surface area contributed by atoms with Gasteiger partial charge in [0.1, 0.15) is 0 Å². The first-order chi connectivity index (χ1) is 9.29. The van der Waals surface area contributed by atoms with Crippen LogP contribution < -0.4 is 4.72 Å². The van der Waals surface area contributed by atoms with Crippen molar-refractivity contribution < 1.29 is 8.42 Å². The van der Waals surface area contributed by atoms with Gasteiger partial charge in [0.15, 0.2) is 0 Å². The predicted octanol–water partition coefficient (Wildman–Crippen LogP) is 4.18. The quantitative estimate of drug-likeness (QED) is 0.899. The van der Waals surface area contributed by atoms with Crippen LogP contribution in [-0.2, 0) is 10.0 Å². The van der Waals surface area contributed by atoms with Crippen LogP contribution in [0.4, 0.5) is 5.69 Å². The van der Waals surface area contributed by atoms with Crippen molar-refractivity contribution in [2.24, 2.45) is 0 Å². The Morgan fingerprint density at radius 3 is 2.30 bits per heavy atom. The van der Waals surface area contributed by atoms with Crippen LogP contribution in [0, 0.1) is 20.8 Å². The zero-order valence-corrected chi connectivity index (χ0v) is 14.0. The minimum Gasteiger partial charge on any atom is -0.280 e. The topological polar surface area (TPSA) is 46.2 Å². The molecule has 0 spiro atoms. The highest BCUT2D eigenvalue weighted by atomic mass is 79.9. The van der Waals surface area contributed by atoms with Crippen molar-refractivity contribution in [2.45, 2.75) is 25.7 Å². The van der Waals surface area contributed by atoms with E-state index in [-0.39, 0.29) is 0 Å². The minimum atomic E-state index is -3.56. The van der Waals surface area contributed by atoms with E-state index in [1.165, 1.54) is 0 Å². The Hall–Kier alpha value is -1.33. The number of hydrogen-bond acceptors (Lipinski definition) is 2. The summed E-state index contributed by atoms with van der Waals surface area (Å²) in [5.74, 6) is 0. The molecule has 0 aliphatic heterocycles. The summed E-state index contributed by atoms with van der Waals surface area (Å²) in [4.78, 5) is 0.318. The fraction of sp³-hybridized carbons (Fsp3) is 0.200. The van der Waals surface area contributed by atoms with Crippen molar-refractivity contribution in [3.05, 3.63) is 57.6 Å². The van der Waals surface area contributed by atoms with Crippen molar-refractivity contribution in [1.29, 1.82) is 0 Å². The molecule has 0 radical (unpaired) electrons. The van der Waals surface area contributed by atoms with E-state index in [0.717, 1.165) is 21.2 Å². The highest BCUT2D eigenvalue weighted by molar-refractivity contribution is 9.10. The number of sulfonamides is 1. The highest BCUT2D eigenvalue weighted by Gasteiger charge is 2.17. The Morgan fingerprint density at radius 1 is 0.950 bits per heavy atom. The standard InChI is InChI=1S/C15H16BrNO2S/c1-10-4-5-11(2)15(8-10)20(18,19)17-13-6-7-14(16)12(3)9-13/h4-9,17H,1-3H3. The molecule has 0 aromatic heterocycles. The van der Waals surface area contributed by atoms with E-state index in [0.29, 0.717) is 10.6 Å². The van der Waals surface area contributed by atoms with Crippen LogP contribution >= 0.6 is 15.9 Å². The fourth-order valence-corrected chi connectivity index (χ4v) is 3.54. The maximum absolute atomic E-state index is 12.4. The summed E-state index contributed by atoms with van der Waals surface area (Å²) < 4.78 is 28.5. The second kappa shape index (κ2) is 5.58. The van der Waals surface area contributed by atoms with Crippen LogP contribution in [0.25, 0.3) is 0 Å². The van der Waals surface area contributed by atoms with E-state index in [4.69, 9.17) is 0 Å². The maximum Gasteiger partial charge on any atom is 0.262 e. The van der Waals surface area contributed by atoms with Gasteiger partial charge < -0.3 is 0 Å². The Morgan fingerprint density at radius 2 is 1.65 bits per heavy atom. The third-order valence-corrected chi connectivity index (χ3v) is 5.46. The summed E-state index contributed by atoms with van der Waals surface area (Å²) in [7, 11) is -3.56. The normalized spacial score (nSPS) is 11.4. The molecule has 3 nitrogen and oxygen atoms in total. The smallest absolute Gasteiger partial charge is 0.262 e. The average Bonchev–Trinajstić information content (AvgIpc) is 2.36. The number of anilines is 1. The molecule has 0 aliphatic rings. The van der Waals surface area contributed by atoms with Crippen LogP contribution in [0.3, 0.4) is 0 Å². The molecule has 0 atom stereocenters. The number of nitrogens with one attached hydrogen (secondary N) is 1. The molecular weight excluding hydrogens is 338 g/mol. The molecule has 2 aromatic rings. The molecule has 106 valence electrons. The highest BCUT2D eigenvalue weighted by Crippen LogP contribution is 2.24. The summed E-state index contributed by atoms with van der Waals surface area (Å²) in [6.45, 7) is 5.59. The van der Waals surface area contributed by atoms with Gasteiger partial charge in [0.05, 0.1) is 4.90 Å². The summed E-state index contributed by atoms with van der Waals surface area (Å²) in [6, 6.07) is 10.8. The van der Waals surface area contributed by atoms with E-state index in [1.807, 2.05) is 32.0 Å². The number of halogens is 1. The largest absolute Gasteiger partial charge is 0.280 e. The number of aryl methyl sites for hydroxylation is 3. The molecule has 2 aromatic carbocycles. The van der Waals surface area contributed by atoms with Gasteiger partial charge in [-0.05, 0) is 61.7 Å². The van der Waals surface area contributed by atoms with Gasteiger partial charge in [-0.25, -0.2) is 8.42 Å². The molecule has 0 unspecified atom stereocenters. The lowest BCUT2D eigenvalue weighted by molar-refractivity contribution is 0.600. The van der Waals surface area contributed by atoms with Gasteiger partial charge in [-0.15, -0.1) is 0 Å². The van der Waals surface area contributed by atoms with E-state index in [1.54, 1.807) is 25.1 Å². The summed E-state index contributed by atoms with van der Waals surface area (Å²) in [5, 5.41) is 0. The van der Waals surface area contributed by atoms with Gasteiger partial charge in [0, 0.05) is 10.2 Å². The Labute approximate surface area is 128 Å². The van der Waals surface area contributed by atoms with Gasteiger partial charge in [-0.3, -0.25) is 4.72 Å². The molecule has 20 heavy (non-hydrogen) atoms. The molecule has 2 rings (SSSR count). The van der Waals surface area contributed by atoms with E-state index >= 15 is 0 Å². The van der Waals surface area contributed by atoms with Gasteiger partial charge in [-0.1, -0.05) is 28.1 Å². The number of hydrogen-bond donors (Lipinski definition) is 1. The molecular formula is C15H16BrNO2S. The van der Waals surface area contributed by atoms with Crippen molar-refractivity contribution in [3.63, 3.8) is 0 Å². The third-order valence-electron chi connectivity index (χ3n) is 3.04. The van der Waals surface area contributed by atoms with Crippen LogP contribution in [0.5, 0.6) is 0 Å². The van der Waals surface area contributed by atoms with Crippen LogP contribution in [0.2, 0.25) is 0 Å². The predicted molar refractivity (Wildman–Crippen MR) is 85.6 cm³/mol. The summed E-state index contributed by atoms with van der Waals surface area (Å²) in [5.41, 5.74) is 3.19. The lowest BCUT2D eigenvalue weighted by Gasteiger charge is -2.12. The van der Waals surface area contributed by atoms with Crippen molar-refractivity contribution in [1.82, 2.24) is 0 Å². The molecule has 0 heterocycles. The Bertz CT molecular complexity index is 754. The fourth-order valence-electron chi connectivity index (χ4n) is 1.92. The maximum atomic E-state index is 12.4. The molecule has 1 N–H and O–H groups in total. The molecule has 0 amide bonds. The van der Waals surface area contributed by atoms with Gasteiger partial charge in [0.25, 0.3) is 10.0 Å². The van der Waals surface area contributed by atoms with Crippen molar-refractivity contribution in [2.75, 3.05) is 4.72 Å². The molecule has 0 fully saturated rings. The lowest BCUT2D eigenvalue weighted by Crippen LogP contribution is -2.14. The van der Waals surface area contributed by atoms with Crippen LogP contribution in [-0.4, -0.2) is 8.42 Å². The van der Waals surface area contributed by atoms with Gasteiger partial charge in [0.2, 0.25) is 0 Å². The first-order valence-electron chi connectivity index (χ1n) is 6.16. The zero-order valence-electron chi connectivity index (χ0n) is 11.6. The minimum absolute atomic E-state index is 0.318. The summed E-state index contributed by atoms with van der Waals surface area (Å²) >= 11 is 3.40. The second-order valence-corrected chi connectivity index (χ2v) is 7.34. The molecule has 5 heteroatoms. The molecule has 0 saturated carbocycles. The lowest BCUT2D eigenvalue weighted by atomic mass is 10.2. The summed E-state index contributed by atoms with van der Waals surface area (Å²) in [6.07, 6.45) is 0. The van der Waals surface area contributed by atoms with E-state index in [2.05, 4.69) is 20.7 Å². The first kappa shape index (κ1) is 15.1. The number of benzene rings is 2. The van der Waals surface area contributed by atoms with E-state index in [9.17, 15) is 8.42 Å². The van der Waals surface area contributed by atoms with Gasteiger partial charge >= 0.3 is 0 Å². The number of rotatable bonds is 3. The third kappa shape index (κ3) is 3.22. The van der Waals surface area contributed by atoms with Crippen LogP contribution in [0.1, 0.15) is 16.7 Å². The van der Waals surface area contributed by atoms with Gasteiger partial charge in [-0.2, -0.15) is 0 Å².